The predicted octanol–water partition coefficient (Wildman–Crippen LogP) is 5.47. The smallest absolute Gasteiger partial charge is 0.156 e. The van der Waals surface area contributed by atoms with Crippen molar-refractivity contribution < 1.29 is 14.4 Å². The van der Waals surface area contributed by atoms with Crippen molar-refractivity contribution >= 4 is 17.3 Å². The van der Waals surface area contributed by atoms with Crippen LogP contribution in [0.3, 0.4) is 0 Å². The molecule has 212 valence electrons. The molecule has 0 radical (unpaired) electrons. The summed E-state index contributed by atoms with van der Waals surface area (Å²) in [6, 6.07) is -1.19. The monoisotopic (exact) mass is 509 g/mol. The van der Waals surface area contributed by atoms with Crippen LogP contribution in [0.15, 0.2) is 0 Å². The SMILES string of the molecule is CCC(C)(C)NC(C)C(=O)C(C)(C)C(C)(C)NC(C)C(=O)C(C)(C)C(C)(C)NC(C)C(=O)C(C)(C)C. The first-order chi connectivity index (χ1) is 15.7. The van der Waals surface area contributed by atoms with Crippen LogP contribution >= 0.6 is 0 Å². The molecule has 0 heterocycles. The van der Waals surface area contributed by atoms with Crippen molar-refractivity contribution in [1.82, 2.24) is 16.0 Å². The highest BCUT2D eigenvalue weighted by Gasteiger charge is 2.50. The molecule has 0 saturated heterocycles. The Balaban J connectivity index is 5.75. The molecule has 3 N–H and O–H groups in total. The maximum atomic E-state index is 13.8. The Bertz CT molecular complexity index is 801. The third-order valence-electron chi connectivity index (χ3n) is 8.92. The van der Waals surface area contributed by atoms with Gasteiger partial charge in [0.1, 0.15) is 0 Å². The van der Waals surface area contributed by atoms with Gasteiger partial charge >= 0.3 is 0 Å². The number of hydrogen-bond donors (Lipinski definition) is 3. The lowest BCUT2D eigenvalue weighted by Crippen LogP contribution is -2.66. The Morgan fingerprint density at radius 3 is 1.08 bits per heavy atom. The normalized spacial score (nSPS) is 16.9. The first-order valence-corrected chi connectivity index (χ1v) is 13.6. The van der Waals surface area contributed by atoms with E-state index in [0.29, 0.717) is 0 Å². The molecule has 6 heteroatoms. The van der Waals surface area contributed by atoms with Gasteiger partial charge in [-0.2, -0.15) is 0 Å². The molecule has 3 unspecified atom stereocenters. The Labute approximate surface area is 222 Å². The van der Waals surface area contributed by atoms with Gasteiger partial charge in [0.15, 0.2) is 17.3 Å². The summed E-state index contributed by atoms with van der Waals surface area (Å²) in [4.78, 5) is 40.2. The van der Waals surface area contributed by atoms with Crippen molar-refractivity contribution in [2.24, 2.45) is 16.2 Å². The van der Waals surface area contributed by atoms with Crippen LogP contribution in [0.2, 0.25) is 0 Å². The summed E-state index contributed by atoms with van der Waals surface area (Å²) in [5.74, 6) is 0.252. The lowest BCUT2D eigenvalue weighted by atomic mass is 9.67. The number of carbonyl (C=O) groups excluding carboxylic acids is 3. The van der Waals surface area contributed by atoms with Crippen LogP contribution in [0.4, 0.5) is 0 Å². The maximum absolute atomic E-state index is 13.8. The third kappa shape index (κ3) is 7.94. The van der Waals surface area contributed by atoms with Gasteiger partial charge in [0.25, 0.3) is 0 Å². The number of Topliss-reactive ketones (excluding diaryl/α,β-unsaturated/α-hetero) is 3. The molecule has 0 saturated carbocycles. The van der Waals surface area contributed by atoms with E-state index >= 15 is 0 Å². The second-order valence-corrected chi connectivity index (χ2v) is 14.7. The standard InChI is InChI=1S/C30H59N3O3/c1-18-26(8,9)31-20(3)23(35)27(10,11)30(16,17)33-21(4)24(36)28(12,13)29(14,15)32-19(2)22(34)25(5,6)7/h19-21,31-33H,18H2,1-17H3. The zero-order valence-corrected chi connectivity index (χ0v) is 26.7. The molecule has 0 bridgehead atoms. The summed E-state index contributed by atoms with van der Waals surface area (Å²) >= 11 is 0. The Morgan fingerprint density at radius 2 is 0.806 bits per heavy atom. The van der Waals surface area contributed by atoms with E-state index in [9.17, 15) is 14.4 Å². The fraction of sp³-hybridized carbons (Fsp3) is 0.900. The molecule has 0 aromatic rings. The Kier molecular flexibility index (Phi) is 11.0. The van der Waals surface area contributed by atoms with Gasteiger partial charge < -0.3 is 16.0 Å². The lowest BCUT2D eigenvalue weighted by Gasteiger charge is -2.48. The van der Waals surface area contributed by atoms with Gasteiger partial charge in [-0.1, -0.05) is 55.4 Å². The van der Waals surface area contributed by atoms with E-state index in [1.807, 2.05) is 96.9 Å². The minimum atomic E-state index is -0.782. The van der Waals surface area contributed by atoms with Gasteiger partial charge in [0.05, 0.1) is 18.1 Å². The minimum absolute atomic E-state index is 0.0324. The third-order valence-corrected chi connectivity index (χ3v) is 8.92. The molecule has 0 fully saturated rings. The van der Waals surface area contributed by atoms with Crippen molar-refractivity contribution in [1.29, 1.82) is 0 Å². The fourth-order valence-electron chi connectivity index (χ4n) is 4.68. The molecule has 0 aliphatic rings. The zero-order chi connectivity index (χ0) is 29.3. The van der Waals surface area contributed by atoms with E-state index in [0.717, 1.165) is 6.42 Å². The predicted molar refractivity (Wildman–Crippen MR) is 152 cm³/mol. The molecular weight excluding hydrogens is 450 g/mol. The molecule has 0 rings (SSSR count). The molecule has 6 nitrogen and oxygen atoms in total. The molecular formula is C30H59N3O3. The number of rotatable bonds is 14. The minimum Gasteiger partial charge on any atom is -0.303 e. The summed E-state index contributed by atoms with van der Waals surface area (Å²) in [5.41, 5.74) is -3.40. The van der Waals surface area contributed by atoms with Crippen molar-refractivity contribution in [2.45, 2.75) is 159 Å². The largest absolute Gasteiger partial charge is 0.303 e. The number of carbonyl (C=O) groups is 3. The average Bonchev–Trinajstić information content (AvgIpc) is 2.69. The van der Waals surface area contributed by atoms with Crippen LogP contribution in [-0.4, -0.2) is 52.1 Å². The average molecular weight is 510 g/mol. The highest BCUT2D eigenvalue weighted by atomic mass is 16.1. The zero-order valence-electron chi connectivity index (χ0n) is 26.7. The van der Waals surface area contributed by atoms with Crippen LogP contribution in [0.1, 0.15) is 124 Å². The summed E-state index contributed by atoms with van der Waals surface area (Å²) in [6.45, 7) is 33.4. The topological polar surface area (TPSA) is 87.3 Å². The van der Waals surface area contributed by atoms with Gasteiger partial charge in [-0.3, -0.25) is 14.4 Å². The summed E-state index contributed by atoms with van der Waals surface area (Å²) in [7, 11) is 0. The van der Waals surface area contributed by atoms with E-state index in [2.05, 4.69) is 36.7 Å². The van der Waals surface area contributed by atoms with E-state index in [4.69, 9.17) is 0 Å². The van der Waals surface area contributed by atoms with Crippen molar-refractivity contribution in [3.8, 4) is 0 Å². The molecule has 0 aliphatic carbocycles. The second-order valence-electron chi connectivity index (χ2n) is 14.7. The van der Waals surface area contributed by atoms with Crippen molar-refractivity contribution in [3.05, 3.63) is 0 Å². The number of nitrogens with one attached hydrogen (secondary N) is 3. The molecule has 3 atom stereocenters. The summed E-state index contributed by atoms with van der Waals surface area (Å²) < 4.78 is 0. The molecule has 0 aliphatic heterocycles. The highest BCUT2D eigenvalue weighted by molar-refractivity contribution is 5.92. The quantitative estimate of drug-likeness (QED) is 0.288. The van der Waals surface area contributed by atoms with Crippen LogP contribution in [-0.2, 0) is 14.4 Å². The second kappa shape index (κ2) is 11.3. The highest BCUT2D eigenvalue weighted by Crippen LogP contribution is 2.37. The molecule has 0 aromatic heterocycles. The summed E-state index contributed by atoms with van der Waals surface area (Å²) in [6.07, 6.45) is 0.914. The van der Waals surface area contributed by atoms with Crippen LogP contribution in [0.25, 0.3) is 0 Å². The molecule has 0 aromatic carbocycles. The van der Waals surface area contributed by atoms with Gasteiger partial charge in [-0.15, -0.1) is 0 Å². The maximum Gasteiger partial charge on any atom is 0.156 e. The van der Waals surface area contributed by atoms with Gasteiger partial charge in [0.2, 0.25) is 0 Å². The first-order valence-electron chi connectivity index (χ1n) is 13.6. The van der Waals surface area contributed by atoms with Crippen LogP contribution in [0, 0.1) is 16.2 Å². The Morgan fingerprint density at radius 1 is 0.528 bits per heavy atom. The van der Waals surface area contributed by atoms with E-state index < -0.39 is 33.4 Å². The number of hydrogen-bond acceptors (Lipinski definition) is 6. The van der Waals surface area contributed by atoms with Crippen LogP contribution in [0.5, 0.6) is 0 Å². The Hall–Kier alpha value is -1.11. The molecule has 36 heavy (non-hydrogen) atoms. The van der Waals surface area contributed by atoms with Crippen molar-refractivity contribution in [3.63, 3.8) is 0 Å². The molecule has 0 amide bonds. The van der Waals surface area contributed by atoms with E-state index in [1.165, 1.54) is 0 Å². The van der Waals surface area contributed by atoms with Crippen LogP contribution < -0.4 is 16.0 Å². The van der Waals surface area contributed by atoms with E-state index in [-0.39, 0.29) is 35.0 Å². The summed E-state index contributed by atoms with van der Waals surface area (Å²) in [5, 5.41) is 10.4. The first kappa shape index (κ1) is 34.9. The van der Waals surface area contributed by atoms with E-state index in [1.54, 1.807) is 0 Å². The lowest BCUT2D eigenvalue weighted by molar-refractivity contribution is -0.138. The fourth-order valence-corrected chi connectivity index (χ4v) is 4.68. The number of ketones is 3. The van der Waals surface area contributed by atoms with Gasteiger partial charge in [-0.25, -0.2) is 0 Å². The van der Waals surface area contributed by atoms with Crippen molar-refractivity contribution in [2.75, 3.05) is 0 Å². The van der Waals surface area contributed by atoms with Gasteiger partial charge in [0, 0.05) is 32.9 Å². The van der Waals surface area contributed by atoms with Gasteiger partial charge in [-0.05, 0) is 68.7 Å². The molecule has 0 spiro atoms.